The molecule has 1 aliphatic heterocycles. The lowest BCUT2D eigenvalue weighted by Crippen LogP contribution is -2.50. The third kappa shape index (κ3) is 17.8. The average Bonchev–Trinajstić information content (AvgIpc) is 3.86. The highest BCUT2D eigenvalue weighted by molar-refractivity contribution is 8.01. The second-order valence-corrected chi connectivity index (χ2v) is 31.2. The van der Waals surface area contributed by atoms with Gasteiger partial charge in [0.25, 0.3) is 0 Å². The molecule has 81 heavy (non-hydrogen) atoms. The van der Waals surface area contributed by atoms with Crippen molar-refractivity contribution < 1.29 is 58.0 Å². The molecule has 7 unspecified atom stereocenters. The van der Waals surface area contributed by atoms with Gasteiger partial charge in [-0.2, -0.15) is 0 Å². The summed E-state index contributed by atoms with van der Waals surface area (Å²) in [4.78, 5) is 104. The van der Waals surface area contributed by atoms with Gasteiger partial charge in [0.2, 0.25) is 11.8 Å². The SMILES string of the molecule is C=C(C)C(=O)OCCSC(C)C(=O)Nc1[nH]c(C=C2N=C(NC(=O)C(C)SC(CC(=O)O)C(=O)O)C(C(=O)OC3C(C(C)(C)C)CC(C)CC3C(C)(C)C)=C2C(C)C)c(C(C)C)c1C(=O)OC1C(C(C)(C)C)CC(C)CC1C(C)(C)C. The fraction of sp³-hybridized carbons (Fsp3) is 0.714. The summed E-state index contributed by atoms with van der Waals surface area (Å²) in [7, 11) is 0. The van der Waals surface area contributed by atoms with E-state index in [1.165, 1.54) is 18.7 Å². The molecule has 1 aromatic rings. The molecule has 7 atom stereocenters. The summed E-state index contributed by atoms with van der Waals surface area (Å²) in [5, 5.41) is 22.0. The topological polar surface area (TPSA) is 240 Å². The Morgan fingerprint density at radius 1 is 0.704 bits per heavy atom. The quantitative estimate of drug-likeness (QED) is 0.0353. The van der Waals surface area contributed by atoms with Crippen molar-refractivity contribution >= 4 is 82.9 Å². The zero-order valence-corrected chi connectivity index (χ0v) is 54.1. The summed E-state index contributed by atoms with van der Waals surface area (Å²) in [5.74, 6) is -5.52. The Kier molecular flexibility index (Phi) is 23.1. The van der Waals surface area contributed by atoms with Gasteiger partial charge in [-0.15, -0.1) is 23.5 Å². The third-order valence-electron chi connectivity index (χ3n) is 16.3. The minimum absolute atomic E-state index is 0.00642. The molecule has 1 aromatic heterocycles. The van der Waals surface area contributed by atoms with Gasteiger partial charge in [0.15, 0.2) is 0 Å². The zero-order valence-electron chi connectivity index (χ0n) is 52.5. The lowest BCUT2D eigenvalue weighted by Gasteiger charge is -2.50. The molecule has 0 spiro atoms. The van der Waals surface area contributed by atoms with Crippen molar-refractivity contribution in [3.63, 3.8) is 0 Å². The van der Waals surface area contributed by atoms with Crippen LogP contribution in [0.4, 0.5) is 5.82 Å². The van der Waals surface area contributed by atoms with Crippen LogP contribution in [-0.4, -0.2) is 103 Å². The van der Waals surface area contributed by atoms with Crippen molar-refractivity contribution in [2.24, 2.45) is 68.1 Å². The molecule has 3 aliphatic rings. The number of aliphatic carboxylic acids is 2. The number of carbonyl (C=O) groups excluding carboxylic acids is 5. The molecule has 2 aliphatic carbocycles. The van der Waals surface area contributed by atoms with E-state index in [0.29, 0.717) is 46.2 Å². The number of nitrogens with one attached hydrogen (secondary N) is 3. The van der Waals surface area contributed by atoms with Gasteiger partial charge >= 0.3 is 29.8 Å². The molecule has 4 rings (SSSR count). The van der Waals surface area contributed by atoms with E-state index in [0.717, 1.165) is 25.7 Å². The van der Waals surface area contributed by atoms with Crippen LogP contribution in [0.5, 0.6) is 0 Å². The summed E-state index contributed by atoms with van der Waals surface area (Å²) in [6, 6.07) is 0. The number of nitrogens with zero attached hydrogens (tertiary/aromatic N) is 1. The van der Waals surface area contributed by atoms with Crippen LogP contribution < -0.4 is 10.6 Å². The molecule has 2 saturated carbocycles. The first kappa shape index (κ1) is 68.7. The van der Waals surface area contributed by atoms with Crippen molar-refractivity contribution in [2.75, 3.05) is 17.7 Å². The number of aromatic nitrogens is 1. The van der Waals surface area contributed by atoms with Crippen molar-refractivity contribution in [2.45, 2.75) is 211 Å². The number of anilines is 1. The number of thioether (sulfide) groups is 2. The van der Waals surface area contributed by atoms with Crippen molar-refractivity contribution in [1.29, 1.82) is 0 Å². The Hall–Kier alpha value is -4.84. The highest BCUT2D eigenvalue weighted by Gasteiger charge is 2.51. The minimum Gasteiger partial charge on any atom is -0.481 e. The molecule has 16 nitrogen and oxygen atoms in total. The molecular formula is C63H98N4O12S2. The largest absolute Gasteiger partial charge is 0.481 e. The zero-order chi connectivity index (χ0) is 61.8. The lowest BCUT2D eigenvalue weighted by atomic mass is 9.59. The molecule has 5 N–H and O–H groups in total. The number of hydrogen-bond donors (Lipinski definition) is 5. The van der Waals surface area contributed by atoms with E-state index < -0.39 is 82.0 Å². The van der Waals surface area contributed by atoms with Crippen LogP contribution in [0.15, 0.2) is 34.0 Å². The number of amides is 2. The number of allylic oxidation sites excluding steroid dienone is 1. The van der Waals surface area contributed by atoms with E-state index >= 15 is 9.59 Å². The molecule has 2 amide bonds. The van der Waals surface area contributed by atoms with E-state index in [4.69, 9.17) is 19.2 Å². The van der Waals surface area contributed by atoms with E-state index in [9.17, 15) is 34.2 Å². The smallest absolute Gasteiger partial charge is 0.342 e. The highest BCUT2D eigenvalue weighted by Crippen LogP contribution is 2.52. The summed E-state index contributed by atoms with van der Waals surface area (Å²) < 4.78 is 19.0. The molecular weight excluding hydrogens is 1070 g/mol. The van der Waals surface area contributed by atoms with Gasteiger partial charge < -0.3 is 40.0 Å². The summed E-state index contributed by atoms with van der Waals surface area (Å²) in [6.45, 7) is 46.5. The number of aromatic amines is 1. The number of carboxylic acids is 2. The van der Waals surface area contributed by atoms with Gasteiger partial charge in [0.05, 0.1) is 22.6 Å². The second kappa shape index (κ2) is 27.3. The van der Waals surface area contributed by atoms with Gasteiger partial charge in [-0.05, 0) is 109 Å². The third-order valence-corrected chi connectivity index (χ3v) is 18.8. The molecule has 0 saturated heterocycles. The predicted molar refractivity (Wildman–Crippen MR) is 325 cm³/mol. The van der Waals surface area contributed by atoms with E-state index in [1.54, 1.807) is 19.9 Å². The van der Waals surface area contributed by atoms with Gasteiger partial charge in [-0.3, -0.25) is 19.2 Å². The van der Waals surface area contributed by atoms with Gasteiger partial charge in [-0.1, -0.05) is 131 Å². The Morgan fingerprint density at radius 2 is 1.16 bits per heavy atom. The van der Waals surface area contributed by atoms with Crippen LogP contribution in [0, 0.1) is 63.1 Å². The second-order valence-electron chi connectivity index (χ2n) is 28.2. The molecule has 454 valence electrons. The van der Waals surface area contributed by atoms with Crippen molar-refractivity contribution in [3.8, 4) is 0 Å². The number of rotatable bonds is 20. The number of carbonyl (C=O) groups is 7. The minimum atomic E-state index is -1.45. The molecule has 0 bridgehead atoms. The van der Waals surface area contributed by atoms with Crippen LogP contribution in [0.2, 0.25) is 0 Å². The summed E-state index contributed by atoms with van der Waals surface area (Å²) in [6.07, 6.45) is 3.35. The van der Waals surface area contributed by atoms with Gasteiger partial charge in [-0.25, -0.2) is 19.4 Å². The van der Waals surface area contributed by atoms with E-state index in [1.807, 2.05) is 27.7 Å². The van der Waals surface area contributed by atoms with Crippen LogP contribution in [-0.2, 0) is 43.0 Å². The standard InChI is InChI=1S/C63H98N4O12S2/c1-31(2)46-42(64-52(66-54(70)36(9)80-24-23-77-57(74)33(5)6)48(46)58(75)78-50-38(60(11,12)13)25-34(7)26-39(50)61(14,15)16)29-43-47(32(3)4)49(53(65-43)67-55(71)37(10)81-44(56(72)73)30-45(68)69)59(76)79-51-40(62(17,18)19)27-35(8)28-41(51)63(20,21)22/h29,31-32,34-41,44,50-51,64H,5,23-28,30H2,1-4,6-22H3,(H,66,70)(H,68,69)(H,72,73)(H,65,67,71). The van der Waals surface area contributed by atoms with Crippen LogP contribution in [0.3, 0.4) is 0 Å². The number of carboxylic acid groups (broad SMARTS) is 2. The monoisotopic (exact) mass is 1170 g/mol. The van der Waals surface area contributed by atoms with E-state index in [-0.39, 0.29) is 91.9 Å². The summed E-state index contributed by atoms with van der Waals surface area (Å²) in [5.41, 5.74) is 1.03. The fourth-order valence-corrected chi connectivity index (χ4v) is 13.7. The Balaban J connectivity index is 2.03. The number of hydrogen-bond acceptors (Lipinski definition) is 13. The first-order chi connectivity index (χ1) is 37.1. The Bertz CT molecular complexity index is 2570. The summed E-state index contributed by atoms with van der Waals surface area (Å²) >= 11 is 1.93. The van der Waals surface area contributed by atoms with Crippen LogP contribution in [0.1, 0.15) is 205 Å². The first-order valence-electron chi connectivity index (χ1n) is 29.0. The molecule has 0 radical (unpaired) electrons. The predicted octanol–water partition coefficient (Wildman–Crippen LogP) is 13.1. The molecule has 0 aromatic carbocycles. The van der Waals surface area contributed by atoms with Crippen molar-refractivity contribution in [1.82, 2.24) is 10.3 Å². The number of esters is 3. The maximum absolute atomic E-state index is 15.5. The number of ether oxygens (including phenoxy) is 3. The molecule has 2 fully saturated rings. The number of amidine groups is 1. The Labute approximate surface area is 491 Å². The van der Waals surface area contributed by atoms with Crippen molar-refractivity contribution in [3.05, 3.63) is 45.8 Å². The molecule has 2 heterocycles. The fourth-order valence-electron chi connectivity index (χ4n) is 11.9. The van der Waals surface area contributed by atoms with Crippen LogP contribution >= 0.6 is 23.5 Å². The van der Waals surface area contributed by atoms with Gasteiger partial charge in [0.1, 0.15) is 46.9 Å². The molecule has 18 heteroatoms. The average molecular weight is 1170 g/mol. The maximum Gasteiger partial charge on any atom is 0.342 e. The first-order valence-corrected chi connectivity index (χ1v) is 30.9. The highest BCUT2D eigenvalue weighted by atomic mass is 32.2. The van der Waals surface area contributed by atoms with Gasteiger partial charge in [0, 0.05) is 40.7 Å². The Morgan fingerprint density at radius 3 is 1.57 bits per heavy atom. The lowest BCUT2D eigenvalue weighted by molar-refractivity contribution is -0.164. The van der Waals surface area contributed by atoms with E-state index in [2.05, 4.69) is 119 Å². The maximum atomic E-state index is 15.5. The van der Waals surface area contributed by atoms with Crippen LogP contribution in [0.25, 0.3) is 6.08 Å². The number of H-pyrrole nitrogens is 1. The number of aliphatic imine (C=N–C) groups is 1. The normalized spacial score (nSPS) is 24.5.